The number of benzene rings is 1. The third-order valence-electron chi connectivity index (χ3n) is 4.27. The summed E-state index contributed by atoms with van der Waals surface area (Å²) in [6.45, 7) is 3.14. The Morgan fingerprint density at radius 1 is 1.24 bits per heavy atom. The highest BCUT2D eigenvalue weighted by Crippen LogP contribution is 2.33. The van der Waals surface area contributed by atoms with Gasteiger partial charge in [0.2, 0.25) is 0 Å². The SMILES string of the molecule is CC(C)(O)c1cc2c(cnn2CCO)cc1NC(=O)c1cccc(C(F)(F)F)n1. The standard InChI is InChI=1S/C19H19F3N4O3/c1-18(2,29)12-9-15-11(10-23-26(15)6-7-27)8-14(12)25-17(28)13-4-3-5-16(24-13)19(20,21)22/h3-5,8-10,27,29H,6-7H2,1-2H3,(H,25,28). The van der Waals surface area contributed by atoms with E-state index in [4.69, 9.17) is 5.11 Å². The van der Waals surface area contributed by atoms with Crippen LogP contribution in [0.3, 0.4) is 0 Å². The van der Waals surface area contributed by atoms with Crippen LogP contribution >= 0.6 is 0 Å². The Kier molecular flexibility index (Phi) is 5.33. The minimum Gasteiger partial charge on any atom is -0.394 e. The van der Waals surface area contributed by atoms with Crippen molar-refractivity contribution in [1.82, 2.24) is 14.8 Å². The zero-order valence-corrected chi connectivity index (χ0v) is 15.7. The van der Waals surface area contributed by atoms with Gasteiger partial charge in [0.25, 0.3) is 5.91 Å². The van der Waals surface area contributed by atoms with Crippen LogP contribution in [0.15, 0.2) is 36.5 Å². The predicted molar refractivity (Wildman–Crippen MR) is 99.3 cm³/mol. The van der Waals surface area contributed by atoms with E-state index in [1.165, 1.54) is 26.1 Å². The van der Waals surface area contributed by atoms with E-state index in [1.807, 2.05) is 0 Å². The number of aliphatic hydroxyl groups is 2. The van der Waals surface area contributed by atoms with Gasteiger partial charge in [-0.1, -0.05) is 6.07 Å². The van der Waals surface area contributed by atoms with Crippen molar-refractivity contribution in [3.05, 3.63) is 53.5 Å². The number of carbonyl (C=O) groups is 1. The molecule has 0 spiro atoms. The summed E-state index contributed by atoms with van der Waals surface area (Å²) in [4.78, 5) is 15.9. The van der Waals surface area contributed by atoms with Crippen molar-refractivity contribution in [2.24, 2.45) is 0 Å². The van der Waals surface area contributed by atoms with Gasteiger partial charge in [0.15, 0.2) is 0 Å². The van der Waals surface area contributed by atoms with Crippen LogP contribution in [0.1, 0.15) is 35.6 Å². The summed E-state index contributed by atoms with van der Waals surface area (Å²) in [5, 5.41) is 27.0. The van der Waals surface area contributed by atoms with Gasteiger partial charge in [0.1, 0.15) is 11.4 Å². The van der Waals surface area contributed by atoms with Crippen molar-refractivity contribution < 1.29 is 28.2 Å². The molecule has 3 N–H and O–H groups in total. The minimum atomic E-state index is -4.67. The fraction of sp³-hybridized carbons (Fsp3) is 0.316. The van der Waals surface area contributed by atoms with E-state index in [0.717, 1.165) is 12.1 Å². The first kappa shape index (κ1) is 20.7. The number of hydrogen-bond donors (Lipinski definition) is 3. The summed E-state index contributed by atoms with van der Waals surface area (Å²) >= 11 is 0. The molecule has 0 atom stereocenters. The number of nitrogens with one attached hydrogen (secondary N) is 1. The van der Waals surface area contributed by atoms with Crippen molar-refractivity contribution in [3.63, 3.8) is 0 Å². The van der Waals surface area contributed by atoms with Crippen LogP contribution in [0, 0.1) is 0 Å². The number of halogens is 3. The van der Waals surface area contributed by atoms with E-state index in [1.54, 1.807) is 16.8 Å². The number of rotatable bonds is 5. The van der Waals surface area contributed by atoms with Gasteiger partial charge in [-0.25, -0.2) is 4.98 Å². The lowest BCUT2D eigenvalue weighted by molar-refractivity contribution is -0.141. The Labute approximate surface area is 163 Å². The van der Waals surface area contributed by atoms with Crippen LogP contribution in [0.2, 0.25) is 0 Å². The molecule has 0 aliphatic carbocycles. The summed E-state index contributed by atoms with van der Waals surface area (Å²) in [7, 11) is 0. The Morgan fingerprint density at radius 2 is 1.97 bits per heavy atom. The van der Waals surface area contributed by atoms with E-state index in [0.29, 0.717) is 16.5 Å². The number of aromatic nitrogens is 3. The lowest BCUT2D eigenvalue weighted by atomic mass is 9.95. The molecule has 3 aromatic rings. The average molecular weight is 408 g/mol. The molecule has 0 unspecified atom stereocenters. The topological polar surface area (TPSA) is 100 Å². The predicted octanol–water partition coefficient (Wildman–Crippen LogP) is 2.92. The summed E-state index contributed by atoms with van der Waals surface area (Å²) in [5.41, 5.74) is -1.76. The molecule has 2 heterocycles. The van der Waals surface area contributed by atoms with Crippen molar-refractivity contribution in [2.75, 3.05) is 11.9 Å². The van der Waals surface area contributed by atoms with Gasteiger partial charge in [0.05, 0.1) is 30.5 Å². The monoisotopic (exact) mass is 408 g/mol. The smallest absolute Gasteiger partial charge is 0.394 e. The highest BCUT2D eigenvalue weighted by Gasteiger charge is 2.33. The number of carbonyl (C=O) groups excluding carboxylic acids is 1. The number of aliphatic hydroxyl groups excluding tert-OH is 1. The summed E-state index contributed by atoms with van der Waals surface area (Å²) in [5.74, 6) is -0.844. The van der Waals surface area contributed by atoms with Crippen LogP contribution in [0.4, 0.5) is 18.9 Å². The quantitative estimate of drug-likeness (QED) is 0.603. The van der Waals surface area contributed by atoms with Gasteiger partial charge in [0, 0.05) is 16.6 Å². The van der Waals surface area contributed by atoms with Crippen molar-refractivity contribution in [1.29, 1.82) is 0 Å². The second kappa shape index (κ2) is 7.45. The van der Waals surface area contributed by atoms with Gasteiger partial charge in [-0.05, 0) is 38.1 Å². The molecule has 154 valence electrons. The molecule has 0 saturated heterocycles. The molecule has 1 aromatic carbocycles. The van der Waals surface area contributed by atoms with E-state index in [-0.39, 0.29) is 18.8 Å². The average Bonchev–Trinajstić information content (AvgIpc) is 3.02. The van der Waals surface area contributed by atoms with Crippen LogP contribution in [0.5, 0.6) is 0 Å². The molecule has 0 saturated carbocycles. The number of nitrogens with zero attached hydrogens (tertiary/aromatic N) is 3. The maximum Gasteiger partial charge on any atom is 0.433 e. The van der Waals surface area contributed by atoms with Crippen molar-refractivity contribution in [2.45, 2.75) is 32.2 Å². The largest absolute Gasteiger partial charge is 0.433 e. The number of amides is 1. The first-order valence-corrected chi connectivity index (χ1v) is 8.69. The lowest BCUT2D eigenvalue weighted by Gasteiger charge is -2.22. The van der Waals surface area contributed by atoms with Gasteiger partial charge >= 0.3 is 6.18 Å². The Hall–Kier alpha value is -2.98. The van der Waals surface area contributed by atoms with E-state index in [9.17, 15) is 23.1 Å². The first-order chi connectivity index (χ1) is 13.5. The molecule has 1 amide bonds. The highest BCUT2D eigenvalue weighted by molar-refractivity contribution is 6.04. The van der Waals surface area contributed by atoms with Crippen LogP contribution in [-0.4, -0.2) is 37.5 Å². The number of anilines is 1. The third kappa shape index (κ3) is 4.38. The van der Waals surface area contributed by atoms with Crippen molar-refractivity contribution in [3.8, 4) is 0 Å². The maximum atomic E-state index is 12.9. The molecule has 0 aliphatic rings. The lowest BCUT2D eigenvalue weighted by Crippen LogP contribution is -2.22. The Bertz CT molecular complexity index is 1060. The molecule has 0 bridgehead atoms. The highest BCUT2D eigenvalue weighted by atomic mass is 19.4. The normalized spacial score (nSPS) is 12.4. The second-order valence-corrected chi connectivity index (χ2v) is 6.97. The molecule has 29 heavy (non-hydrogen) atoms. The Balaban J connectivity index is 2.02. The van der Waals surface area contributed by atoms with Gasteiger partial charge in [-0.15, -0.1) is 0 Å². The fourth-order valence-electron chi connectivity index (χ4n) is 2.91. The first-order valence-electron chi connectivity index (χ1n) is 8.69. The molecule has 0 aliphatic heterocycles. The summed E-state index contributed by atoms with van der Waals surface area (Å²) in [6, 6.07) is 6.23. The van der Waals surface area contributed by atoms with E-state index < -0.39 is 29.1 Å². The molecule has 2 aromatic heterocycles. The van der Waals surface area contributed by atoms with Gasteiger partial charge in [-0.2, -0.15) is 18.3 Å². The van der Waals surface area contributed by atoms with Gasteiger partial charge < -0.3 is 15.5 Å². The number of fused-ring (bicyclic) bond motifs is 1. The van der Waals surface area contributed by atoms with Crippen molar-refractivity contribution >= 4 is 22.5 Å². The minimum absolute atomic E-state index is 0.131. The molecular formula is C19H19F3N4O3. The van der Waals surface area contributed by atoms with Crippen LogP contribution in [-0.2, 0) is 18.3 Å². The molecule has 7 nitrogen and oxygen atoms in total. The zero-order valence-electron chi connectivity index (χ0n) is 15.7. The van der Waals surface area contributed by atoms with E-state index >= 15 is 0 Å². The fourth-order valence-corrected chi connectivity index (χ4v) is 2.91. The number of hydrogen-bond acceptors (Lipinski definition) is 5. The molecule has 0 radical (unpaired) electrons. The number of pyridine rings is 1. The Morgan fingerprint density at radius 3 is 2.59 bits per heavy atom. The van der Waals surface area contributed by atoms with Crippen LogP contribution in [0.25, 0.3) is 10.9 Å². The summed E-state index contributed by atoms with van der Waals surface area (Å²) < 4.78 is 40.1. The number of alkyl halides is 3. The molecular weight excluding hydrogens is 389 g/mol. The maximum absolute atomic E-state index is 12.9. The molecule has 3 rings (SSSR count). The summed E-state index contributed by atoms with van der Waals surface area (Å²) in [6.07, 6.45) is -3.15. The van der Waals surface area contributed by atoms with Gasteiger partial charge in [-0.3, -0.25) is 9.48 Å². The molecule has 10 heteroatoms. The third-order valence-corrected chi connectivity index (χ3v) is 4.27. The zero-order chi connectivity index (χ0) is 21.4. The van der Waals surface area contributed by atoms with Crippen LogP contribution < -0.4 is 5.32 Å². The second-order valence-electron chi connectivity index (χ2n) is 6.97. The molecule has 0 fully saturated rings. The van der Waals surface area contributed by atoms with E-state index in [2.05, 4.69) is 15.4 Å².